The predicted molar refractivity (Wildman–Crippen MR) is 95.9 cm³/mol. The van der Waals surface area contributed by atoms with Crippen LogP contribution in [0.2, 0.25) is 5.02 Å². The lowest BCUT2D eigenvalue weighted by atomic mass is 10.2. The number of halogens is 5. The van der Waals surface area contributed by atoms with Gasteiger partial charge in [-0.25, -0.2) is 18.0 Å². The second-order valence-electron chi connectivity index (χ2n) is 5.84. The Balaban J connectivity index is 1.84. The Morgan fingerprint density at radius 1 is 1.32 bits per heavy atom. The van der Waals surface area contributed by atoms with Crippen molar-refractivity contribution in [1.82, 2.24) is 14.5 Å². The van der Waals surface area contributed by atoms with E-state index in [1.807, 2.05) is 0 Å². The zero-order valence-electron chi connectivity index (χ0n) is 14.0. The molecule has 1 amide bonds. The molecule has 1 radical (unpaired) electrons. The molecule has 0 spiro atoms. The molecule has 2 aliphatic rings. The fourth-order valence-corrected chi connectivity index (χ4v) is 4.24. The summed E-state index contributed by atoms with van der Waals surface area (Å²) < 4.78 is 65.3. The van der Waals surface area contributed by atoms with Crippen molar-refractivity contribution in [3.63, 3.8) is 0 Å². The minimum absolute atomic E-state index is 0.00500. The topological polar surface area (TPSA) is 84.7 Å². The molecule has 1 N–H and O–H groups in total. The average molecular weight is 455 g/mol. The number of carbonyl (C=O) groups excluding carboxylic acids is 1. The summed E-state index contributed by atoms with van der Waals surface area (Å²) in [4.78, 5) is 16.8. The van der Waals surface area contributed by atoms with Crippen molar-refractivity contribution in [1.29, 1.82) is 0 Å². The van der Waals surface area contributed by atoms with Gasteiger partial charge in [0.2, 0.25) is 6.67 Å². The van der Waals surface area contributed by atoms with Crippen molar-refractivity contribution < 1.29 is 26.4 Å². The molecule has 0 atom stereocenters. The largest absolute Gasteiger partial charge is 0.488 e. The number of hydrogen-bond acceptors (Lipinski definition) is 6. The highest BCUT2D eigenvalue weighted by Gasteiger charge is 2.47. The zero-order valence-corrected chi connectivity index (χ0v) is 16.3. The second-order valence-corrected chi connectivity index (χ2v) is 8.31. The van der Waals surface area contributed by atoms with Crippen LogP contribution >= 0.6 is 23.2 Å². The van der Waals surface area contributed by atoms with Gasteiger partial charge in [-0.2, -0.15) is 4.99 Å². The summed E-state index contributed by atoms with van der Waals surface area (Å²) in [5, 5.41) is -0.450. The Kier molecular flexibility index (Phi) is 5.21. The summed E-state index contributed by atoms with van der Waals surface area (Å²) in [7, 11) is -4.33. The first kappa shape index (κ1) is 20.6. The number of sulfonamides is 1. The van der Waals surface area contributed by atoms with E-state index in [2.05, 4.69) is 4.99 Å². The number of aliphatic imine (C=N–C) groups is 1. The van der Waals surface area contributed by atoms with Crippen LogP contribution in [0.1, 0.15) is 5.56 Å². The van der Waals surface area contributed by atoms with Crippen LogP contribution in [0.3, 0.4) is 0 Å². The quantitative estimate of drug-likeness (QED) is 0.561. The van der Waals surface area contributed by atoms with Crippen LogP contribution in [0, 0.1) is 6.92 Å². The van der Waals surface area contributed by atoms with Crippen molar-refractivity contribution in [3.05, 3.63) is 51.9 Å². The van der Waals surface area contributed by atoms with E-state index in [1.54, 1.807) is 17.7 Å². The molecule has 1 aromatic rings. The number of aryl methyl sites for hydroxylation is 1. The number of nitrogens with one attached hydrogen (secondary N) is 1. The summed E-state index contributed by atoms with van der Waals surface area (Å²) in [5.41, 5.74) is 0.178. The predicted octanol–water partition coefficient (Wildman–Crippen LogP) is 2.72. The minimum Gasteiger partial charge on any atom is -0.266 e. The molecule has 2 heterocycles. The van der Waals surface area contributed by atoms with Crippen molar-refractivity contribution in [2.45, 2.75) is 18.1 Å². The lowest BCUT2D eigenvalue weighted by Crippen LogP contribution is -2.48. The number of alkyl halides is 3. The first-order chi connectivity index (χ1) is 12.9. The standard InChI is InChI=1S/C15H11Cl2F3N4O3S/c1-8-2-3-9(16)12(4-8)28(26,27)22-14(25)11-6-23-7-24(15(18,19)20)5-10(17)13(23)21-11/h2-6H,7H2,1H3,(H,22,25)/q+1. The van der Waals surface area contributed by atoms with Gasteiger partial charge in [0.15, 0.2) is 11.9 Å². The molecule has 28 heavy (non-hydrogen) atoms. The maximum Gasteiger partial charge on any atom is 0.488 e. The number of fused-ring (bicyclic) bond motifs is 1. The molecule has 149 valence electrons. The van der Waals surface area contributed by atoms with E-state index < -0.39 is 34.6 Å². The van der Waals surface area contributed by atoms with Gasteiger partial charge in [0, 0.05) is 6.20 Å². The van der Waals surface area contributed by atoms with Gasteiger partial charge in [-0.3, -0.25) is 4.79 Å². The Labute approximate surface area is 167 Å². The van der Waals surface area contributed by atoms with Gasteiger partial charge in [0.05, 0.1) is 5.02 Å². The third-order valence-corrected chi connectivity index (χ3v) is 5.80. The second kappa shape index (κ2) is 7.07. The van der Waals surface area contributed by atoms with Gasteiger partial charge in [-0.1, -0.05) is 34.2 Å². The Morgan fingerprint density at radius 2 is 2.00 bits per heavy atom. The van der Waals surface area contributed by atoms with E-state index in [0.29, 0.717) is 11.8 Å². The number of benzene rings is 1. The molecule has 2 aliphatic heterocycles. The van der Waals surface area contributed by atoms with E-state index in [4.69, 9.17) is 23.2 Å². The zero-order chi connectivity index (χ0) is 20.9. The van der Waals surface area contributed by atoms with Gasteiger partial charge in [-0.15, -0.1) is 13.2 Å². The van der Waals surface area contributed by atoms with Crippen molar-refractivity contribution in [2.24, 2.45) is 4.99 Å². The number of rotatable bonds is 3. The molecule has 3 rings (SSSR count). The lowest BCUT2D eigenvalue weighted by Gasteiger charge is -2.25. The van der Waals surface area contributed by atoms with E-state index in [9.17, 15) is 26.4 Å². The Hall–Kier alpha value is -2.08. The van der Waals surface area contributed by atoms with Gasteiger partial charge in [0.25, 0.3) is 15.9 Å². The van der Waals surface area contributed by atoms with Crippen LogP contribution in [0.5, 0.6) is 0 Å². The molecular weight excluding hydrogens is 444 g/mol. The number of hydrogen-bond donors (Lipinski definition) is 1. The first-order valence-electron chi connectivity index (χ1n) is 7.50. The molecule has 7 nitrogen and oxygen atoms in total. The van der Waals surface area contributed by atoms with E-state index in [1.165, 1.54) is 12.1 Å². The Morgan fingerprint density at radius 3 is 2.64 bits per heavy atom. The maximum absolute atomic E-state index is 12.9. The fraction of sp³-hybridized carbons (Fsp3) is 0.200. The molecule has 0 saturated heterocycles. The summed E-state index contributed by atoms with van der Waals surface area (Å²) in [6.45, 7) is 0.952. The molecular formula is C15H11Cl2F3N4O3S+. The summed E-state index contributed by atoms with van der Waals surface area (Å²) in [6.07, 6.45) is -3.07. The molecule has 0 fully saturated rings. The van der Waals surface area contributed by atoms with E-state index in [0.717, 1.165) is 11.1 Å². The van der Waals surface area contributed by atoms with Gasteiger partial charge < -0.3 is 0 Å². The summed E-state index contributed by atoms with van der Waals surface area (Å²) in [6, 6.07) is 4.23. The third-order valence-electron chi connectivity index (χ3n) is 3.73. The molecule has 0 aromatic heterocycles. The van der Waals surface area contributed by atoms with E-state index in [-0.39, 0.29) is 25.7 Å². The van der Waals surface area contributed by atoms with Gasteiger partial charge in [0.1, 0.15) is 9.93 Å². The van der Waals surface area contributed by atoms with Crippen LogP contribution in [0.4, 0.5) is 13.2 Å². The van der Waals surface area contributed by atoms with Crippen LogP contribution < -0.4 is 9.62 Å². The number of nitrogens with zero attached hydrogens (tertiary/aromatic N) is 3. The fourth-order valence-electron chi connectivity index (χ4n) is 2.42. The van der Waals surface area contributed by atoms with Crippen molar-refractivity contribution >= 4 is 45.0 Å². The summed E-state index contributed by atoms with van der Waals surface area (Å²) in [5.74, 6) is -1.24. The number of amidine groups is 1. The Bertz CT molecular complexity index is 1050. The van der Waals surface area contributed by atoms with Crippen molar-refractivity contribution in [2.75, 3.05) is 6.67 Å². The first-order valence-corrected chi connectivity index (χ1v) is 9.74. The van der Waals surface area contributed by atoms with Crippen LogP contribution in [-0.4, -0.2) is 38.0 Å². The van der Waals surface area contributed by atoms with Crippen LogP contribution in [0.25, 0.3) is 0 Å². The highest BCUT2D eigenvalue weighted by molar-refractivity contribution is 7.90. The monoisotopic (exact) mass is 454 g/mol. The van der Waals surface area contributed by atoms with Crippen molar-refractivity contribution in [3.8, 4) is 0 Å². The minimum atomic E-state index is -4.68. The molecule has 13 heteroatoms. The molecule has 0 saturated carbocycles. The maximum atomic E-state index is 12.9. The van der Waals surface area contributed by atoms with Gasteiger partial charge in [-0.05, 0) is 24.6 Å². The summed E-state index contributed by atoms with van der Waals surface area (Å²) >= 11 is 11.7. The normalized spacial score (nSPS) is 17.6. The number of carbonyl (C=O) groups is 1. The van der Waals surface area contributed by atoms with Gasteiger partial charge >= 0.3 is 12.1 Å². The smallest absolute Gasteiger partial charge is 0.266 e. The number of amides is 1. The highest BCUT2D eigenvalue weighted by Crippen LogP contribution is 2.30. The average Bonchev–Trinajstić information content (AvgIpc) is 3.01. The molecule has 0 bridgehead atoms. The molecule has 0 unspecified atom stereocenters. The van der Waals surface area contributed by atoms with E-state index >= 15 is 0 Å². The van der Waals surface area contributed by atoms with Crippen LogP contribution in [-0.2, 0) is 14.8 Å². The highest BCUT2D eigenvalue weighted by atomic mass is 35.5. The molecule has 1 aromatic carbocycles. The van der Waals surface area contributed by atoms with Crippen LogP contribution in [0.15, 0.2) is 51.2 Å². The molecule has 0 aliphatic carbocycles. The SMILES string of the molecule is Cc1ccc(Cl)c(S(=O)(=O)NC(=O)C2=C[N+]3CN(C(F)(F)F)C=C(Cl)C3=N2)c1. The third kappa shape index (κ3) is 4.02. The lowest BCUT2D eigenvalue weighted by molar-refractivity contribution is -0.230.